The number of amides is 2. The Morgan fingerprint density at radius 2 is 1.71 bits per heavy atom. The molecule has 6 N–H and O–H groups in total. The third kappa shape index (κ3) is 8.09. The summed E-state index contributed by atoms with van der Waals surface area (Å²) < 4.78 is 5.18. The third-order valence-electron chi connectivity index (χ3n) is 4.28. The summed E-state index contributed by atoms with van der Waals surface area (Å²) in [4.78, 5) is 34.8. The van der Waals surface area contributed by atoms with Crippen molar-refractivity contribution in [1.82, 2.24) is 5.32 Å². The highest BCUT2D eigenvalue weighted by Gasteiger charge is 2.15. The van der Waals surface area contributed by atoms with Crippen LogP contribution in [0.2, 0.25) is 10.0 Å². The van der Waals surface area contributed by atoms with Gasteiger partial charge in [0.25, 0.3) is 0 Å². The quantitative estimate of drug-likeness (QED) is 0.296. The van der Waals surface area contributed by atoms with E-state index >= 15 is 0 Å². The third-order valence-corrected chi connectivity index (χ3v) is 4.91. The van der Waals surface area contributed by atoms with Crippen molar-refractivity contribution in [3.63, 3.8) is 0 Å². The Bertz CT molecular complexity index is 919. The molecule has 0 spiro atoms. The second kappa shape index (κ2) is 12.1. The molecule has 0 fully saturated rings. The Morgan fingerprint density at radius 3 is 2.39 bits per heavy atom. The number of nitrogens with two attached hydrogens (primary N) is 2. The van der Waals surface area contributed by atoms with Crippen LogP contribution >= 0.6 is 23.2 Å². The zero-order valence-electron chi connectivity index (χ0n) is 16.7. The van der Waals surface area contributed by atoms with Crippen LogP contribution in [0.1, 0.15) is 18.4 Å². The van der Waals surface area contributed by atoms with Crippen LogP contribution < -0.4 is 22.1 Å². The fourth-order valence-corrected chi connectivity index (χ4v) is 3.15. The van der Waals surface area contributed by atoms with Gasteiger partial charge in [-0.2, -0.15) is 0 Å². The molecular weight excluding hydrogens is 443 g/mol. The predicted molar refractivity (Wildman–Crippen MR) is 120 cm³/mol. The fourth-order valence-electron chi connectivity index (χ4n) is 2.65. The maximum atomic E-state index is 12.2. The number of para-hydroxylation sites is 2. The SMILES string of the molecule is NC(=O)CC[C@H](N)C(=O)NCCOC(=O)Cc1ccccc1Nc1c(Cl)cccc1Cl. The van der Waals surface area contributed by atoms with Crippen molar-refractivity contribution in [2.45, 2.75) is 25.3 Å². The number of ether oxygens (including phenoxy) is 1. The number of esters is 1. The van der Waals surface area contributed by atoms with Crippen LogP contribution in [0, 0.1) is 0 Å². The summed E-state index contributed by atoms with van der Waals surface area (Å²) in [6.07, 6.45) is 0.188. The van der Waals surface area contributed by atoms with Crippen LogP contribution in [0.25, 0.3) is 0 Å². The summed E-state index contributed by atoms with van der Waals surface area (Å²) in [5, 5.41) is 6.61. The number of carbonyl (C=O) groups excluding carboxylic acids is 3. The van der Waals surface area contributed by atoms with Gasteiger partial charge in [0.05, 0.1) is 34.7 Å². The zero-order chi connectivity index (χ0) is 22.8. The number of hydrogen-bond donors (Lipinski definition) is 4. The lowest BCUT2D eigenvalue weighted by Gasteiger charge is -2.14. The first-order chi connectivity index (χ1) is 14.8. The molecule has 2 rings (SSSR count). The van der Waals surface area contributed by atoms with Crippen molar-refractivity contribution >= 4 is 52.4 Å². The van der Waals surface area contributed by atoms with Gasteiger partial charge in [-0.3, -0.25) is 14.4 Å². The Labute approximate surface area is 190 Å². The van der Waals surface area contributed by atoms with Crippen molar-refractivity contribution < 1.29 is 19.1 Å². The normalized spacial score (nSPS) is 11.5. The summed E-state index contributed by atoms with van der Waals surface area (Å²) >= 11 is 12.4. The molecule has 31 heavy (non-hydrogen) atoms. The van der Waals surface area contributed by atoms with E-state index in [1.165, 1.54) is 0 Å². The van der Waals surface area contributed by atoms with E-state index in [1.54, 1.807) is 36.4 Å². The Morgan fingerprint density at radius 1 is 1.03 bits per heavy atom. The lowest BCUT2D eigenvalue weighted by molar-refractivity contribution is -0.143. The lowest BCUT2D eigenvalue weighted by Crippen LogP contribution is -2.42. The molecule has 2 aromatic rings. The molecule has 166 valence electrons. The van der Waals surface area contributed by atoms with Crippen molar-refractivity contribution in [1.29, 1.82) is 0 Å². The highest BCUT2D eigenvalue weighted by atomic mass is 35.5. The van der Waals surface area contributed by atoms with Gasteiger partial charge >= 0.3 is 5.97 Å². The van der Waals surface area contributed by atoms with Crippen molar-refractivity contribution in [3.8, 4) is 0 Å². The number of primary amides is 1. The van der Waals surface area contributed by atoms with E-state index in [-0.39, 0.29) is 32.4 Å². The Balaban J connectivity index is 1.84. The summed E-state index contributed by atoms with van der Waals surface area (Å²) in [7, 11) is 0. The van der Waals surface area contributed by atoms with Crippen LogP contribution in [0.4, 0.5) is 11.4 Å². The number of benzene rings is 2. The van der Waals surface area contributed by atoms with E-state index in [1.807, 2.05) is 6.07 Å². The van der Waals surface area contributed by atoms with Crippen LogP contribution in [-0.2, 0) is 25.5 Å². The molecule has 0 aliphatic heterocycles. The highest BCUT2D eigenvalue weighted by molar-refractivity contribution is 6.39. The molecule has 0 radical (unpaired) electrons. The second-order valence-electron chi connectivity index (χ2n) is 6.68. The molecular formula is C21H24Cl2N4O4. The van der Waals surface area contributed by atoms with E-state index < -0.39 is 23.8 Å². The molecule has 0 heterocycles. The van der Waals surface area contributed by atoms with Crippen LogP contribution in [0.3, 0.4) is 0 Å². The maximum absolute atomic E-state index is 12.2. The Kier molecular flexibility index (Phi) is 9.58. The average molecular weight is 467 g/mol. The highest BCUT2D eigenvalue weighted by Crippen LogP contribution is 2.33. The number of halogens is 2. The van der Waals surface area contributed by atoms with Gasteiger partial charge in [-0.1, -0.05) is 47.5 Å². The topological polar surface area (TPSA) is 137 Å². The molecule has 2 aromatic carbocycles. The van der Waals surface area contributed by atoms with E-state index in [0.717, 1.165) is 0 Å². The molecule has 8 nitrogen and oxygen atoms in total. The Hall–Kier alpha value is -2.81. The van der Waals surface area contributed by atoms with Crippen LogP contribution in [0.15, 0.2) is 42.5 Å². The number of rotatable bonds is 11. The van der Waals surface area contributed by atoms with Gasteiger partial charge in [-0.25, -0.2) is 0 Å². The van der Waals surface area contributed by atoms with Gasteiger partial charge < -0.3 is 26.8 Å². The van der Waals surface area contributed by atoms with E-state index in [2.05, 4.69) is 10.6 Å². The van der Waals surface area contributed by atoms with Gasteiger partial charge in [-0.15, -0.1) is 0 Å². The molecule has 0 aliphatic carbocycles. The summed E-state index contributed by atoms with van der Waals surface area (Å²) in [5.41, 5.74) is 12.6. The number of carbonyl (C=O) groups is 3. The lowest BCUT2D eigenvalue weighted by atomic mass is 10.1. The van der Waals surface area contributed by atoms with Crippen LogP contribution in [0.5, 0.6) is 0 Å². The van der Waals surface area contributed by atoms with E-state index in [9.17, 15) is 14.4 Å². The first kappa shape index (κ1) is 24.5. The van der Waals surface area contributed by atoms with Gasteiger partial charge in [0.1, 0.15) is 6.61 Å². The molecule has 10 heteroatoms. The van der Waals surface area contributed by atoms with Crippen molar-refractivity contribution in [2.75, 3.05) is 18.5 Å². The number of nitrogens with one attached hydrogen (secondary N) is 2. The minimum atomic E-state index is -0.849. The largest absolute Gasteiger partial charge is 0.464 e. The minimum absolute atomic E-state index is 0.0112. The average Bonchev–Trinajstić information content (AvgIpc) is 2.73. The monoisotopic (exact) mass is 466 g/mol. The molecule has 0 unspecified atom stereocenters. The van der Waals surface area contributed by atoms with Crippen molar-refractivity contribution in [2.24, 2.45) is 11.5 Å². The zero-order valence-corrected chi connectivity index (χ0v) is 18.2. The molecule has 0 saturated carbocycles. The summed E-state index contributed by atoms with van der Waals surface area (Å²) in [5.74, 6) is -1.43. The van der Waals surface area contributed by atoms with E-state index in [0.29, 0.717) is 27.0 Å². The number of hydrogen-bond acceptors (Lipinski definition) is 6. The molecule has 0 aliphatic rings. The molecule has 1 atom stereocenters. The van der Waals surface area contributed by atoms with Gasteiger partial charge in [0.15, 0.2) is 0 Å². The van der Waals surface area contributed by atoms with Gasteiger partial charge in [0.2, 0.25) is 11.8 Å². The summed E-state index contributed by atoms with van der Waals surface area (Å²) in [6.45, 7) is 0.0863. The maximum Gasteiger partial charge on any atom is 0.310 e. The standard InChI is InChI=1S/C21H24Cl2N4O4/c22-14-5-3-6-15(23)20(14)27-17-7-2-1-4-13(17)12-19(29)31-11-10-26-21(30)16(24)8-9-18(25)28/h1-7,16,27H,8-12,24H2,(H2,25,28)(H,26,30)/t16-/m0/s1. The first-order valence-corrected chi connectivity index (χ1v) is 10.3. The smallest absolute Gasteiger partial charge is 0.310 e. The first-order valence-electron chi connectivity index (χ1n) is 9.54. The van der Waals surface area contributed by atoms with Crippen LogP contribution in [-0.4, -0.2) is 37.0 Å². The molecule has 0 aromatic heterocycles. The van der Waals surface area contributed by atoms with Gasteiger partial charge in [-0.05, 0) is 30.2 Å². The molecule has 0 saturated heterocycles. The second-order valence-corrected chi connectivity index (χ2v) is 7.49. The van der Waals surface area contributed by atoms with Gasteiger partial charge in [0, 0.05) is 12.1 Å². The van der Waals surface area contributed by atoms with Crippen molar-refractivity contribution in [3.05, 3.63) is 58.1 Å². The fraction of sp³-hybridized carbons (Fsp3) is 0.286. The summed E-state index contributed by atoms with van der Waals surface area (Å²) in [6, 6.07) is 11.5. The van der Waals surface area contributed by atoms with E-state index in [4.69, 9.17) is 39.4 Å². The molecule has 0 bridgehead atoms. The predicted octanol–water partition coefficient (Wildman–Crippen LogP) is 2.53. The number of anilines is 2. The molecule has 2 amide bonds. The minimum Gasteiger partial charge on any atom is -0.464 e.